The second-order valence-electron chi connectivity index (χ2n) is 6.38. The van der Waals surface area contributed by atoms with E-state index in [1.165, 1.54) is 12.1 Å². The standard InChI is InChI=1S/C20H19F3N2O2/c21-20(22,23)17-4-6-18(7-5-17)27-19-13-25(8-9-26-14-19)12-16-3-1-2-15(10-16)11-24/h1-7,10,19H,8-9,12-14H2/t19-/m1/s1. The normalized spacial score (nSPS) is 18.5. The van der Waals surface area contributed by atoms with Crippen molar-refractivity contribution < 1.29 is 22.6 Å². The maximum atomic E-state index is 12.7. The predicted molar refractivity (Wildman–Crippen MR) is 93.1 cm³/mol. The Hall–Kier alpha value is -2.56. The van der Waals surface area contributed by atoms with E-state index in [-0.39, 0.29) is 6.10 Å². The second-order valence-corrected chi connectivity index (χ2v) is 6.38. The van der Waals surface area contributed by atoms with Crippen molar-refractivity contribution >= 4 is 0 Å². The van der Waals surface area contributed by atoms with Crippen LogP contribution >= 0.6 is 0 Å². The molecule has 0 unspecified atom stereocenters. The molecule has 1 heterocycles. The Labute approximate surface area is 155 Å². The van der Waals surface area contributed by atoms with E-state index in [9.17, 15) is 13.2 Å². The van der Waals surface area contributed by atoms with Crippen molar-refractivity contribution in [2.45, 2.75) is 18.8 Å². The molecule has 0 saturated carbocycles. The largest absolute Gasteiger partial charge is 0.487 e. The molecule has 0 spiro atoms. The predicted octanol–water partition coefficient (Wildman–Crippen LogP) is 3.86. The molecule has 2 aromatic rings. The van der Waals surface area contributed by atoms with Gasteiger partial charge in [-0.1, -0.05) is 12.1 Å². The highest BCUT2D eigenvalue weighted by Crippen LogP contribution is 2.30. The van der Waals surface area contributed by atoms with Crippen LogP contribution in [0.4, 0.5) is 13.2 Å². The molecule has 7 heteroatoms. The lowest BCUT2D eigenvalue weighted by Gasteiger charge is -2.24. The summed E-state index contributed by atoms with van der Waals surface area (Å²) in [7, 11) is 0. The maximum Gasteiger partial charge on any atom is 0.416 e. The molecule has 3 rings (SSSR count). The quantitative estimate of drug-likeness (QED) is 0.813. The Balaban J connectivity index is 1.63. The third-order valence-corrected chi connectivity index (χ3v) is 4.26. The number of hydrogen-bond donors (Lipinski definition) is 0. The second kappa shape index (κ2) is 8.42. The highest BCUT2D eigenvalue weighted by molar-refractivity contribution is 5.32. The average molecular weight is 376 g/mol. The summed E-state index contributed by atoms with van der Waals surface area (Å²) in [5, 5.41) is 9.01. The van der Waals surface area contributed by atoms with E-state index in [1.807, 2.05) is 18.2 Å². The molecule has 142 valence electrons. The van der Waals surface area contributed by atoms with Crippen molar-refractivity contribution in [2.24, 2.45) is 0 Å². The minimum atomic E-state index is -4.36. The van der Waals surface area contributed by atoms with Crippen LogP contribution in [-0.4, -0.2) is 37.3 Å². The minimum absolute atomic E-state index is 0.289. The van der Waals surface area contributed by atoms with Crippen molar-refractivity contribution in [1.29, 1.82) is 5.26 Å². The summed E-state index contributed by atoms with van der Waals surface area (Å²) in [5.74, 6) is 0.380. The fraction of sp³-hybridized carbons (Fsp3) is 0.350. The number of halogens is 3. The zero-order valence-corrected chi connectivity index (χ0v) is 14.6. The first-order valence-corrected chi connectivity index (χ1v) is 8.57. The molecule has 0 N–H and O–H groups in total. The Kier molecular flexibility index (Phi) is 5.99. The molecule has 1 atom stereocenters. The number of nitriles is 1. The van der Waals surface area contributed by atoms with Gasteiger partial charge in [0.2, 0.25) is 0 Å². The van der Waals surface area contributed by atoms with E-state index in [0.717, 1.165) is 17.7 Å². The van der Waals surface area contributed by atoms with Gasteiger partial charge in [-0.05, 0) is 42.0 Å². The molecule has 0 radical (unpaired) electrons. The van der Waals surface area contributed by atoms with Crippen LogP contribution in [0.1, 0.15) is 16.7 Å². The van der Waals surface area contributed by atoms with Crippen LogP contribution in [-0.2, 0) is 17.5 Å². The fourth-order valence-electron chi connectivity index (χ4n) is 2.97. The Morgan fingerprint density at radius 2 is 1.96 bits per heavy atom. The number of ether oxygens (including phenoxy) is 2. The summed E-state index contributed by atoms with van der Waals surface area (Å²) >= 11 is 0. The zero-order valence-electron chi connectivity index (χ0n) is 14.6. The Bertz CT molecular complexity index is 800. The summed E-state index contributed by atoms with van der Waals surface area (Å²) < 4.78 is 49.4. The Morgan fingerprint density at radius 1 is 1.19 bits per heavy atom. The van der Waals surface area contributed by atoms with Crippen LogP contribution < -0.4 is 4.74 Å². The van der Waals surface area contributed by atoms with Crippen molar-refractivity contribution in [3.05, 3.63) is 65.2 Å². The lowest BCUT2D eigenvalue weighted by atomic mass is 10.1. The fourth-order valence-corrected chi connectivity index (χ4v) is 2.97. The van der Waals surface area contributed by atoms with Crippen LogP contribution in [0.3, 0.4) is 0 Å². The van der Waals surface area contributed by atoms with Crippen LogP contribution in [0.15, 0.2) is 48.5 Å². The zero-order chi connectivity index (χ0) is 19.3. The SMILES string of the molecule is N#Cc1cccc(CN2CCOC[C@H](Oc3ccc(C(F)(F)F)cc3)C2)c1. The minimum Gasteiger partial charge on any atom is -0.487 e. The Morgan fingerprint density at radius 3 is 2.67 bits per heavy atom. The van der Waals surface area contributed by atoms with Gasteiger partial charge in [0.15, 0.2) is 0 Å². The van der Waals surface area contributed by atoms with E-state index in [4.69, 9.17) is 14.7 Å². The molecule has 1 fully saturated rings. The number of alkyl halides is 3. The summed E-state index contributed by atoms with van der Waals surface area (Å²) in [6, 6.07) is 14.2. The van der Waals surface area contributed by atoms with Crippen LogP contribution in [0.25, 0.3) is 0 Å². The highest BCUT2D eigenvalue weighted by atomic mass is 19.4. The third-order valence-electron chi connectivity index (χ3n) is 4.26. The van der Waals surface area contributed by atoms with Gasteiger partial charge in [0.05, 0.1) is 30.4 Å². The molecule has 4 nitrogen and oxygen atoms in total. The highest BCUT2D eigenvalue weighted by Gasteiger charge is 2.30. The molecule has 1 saturated heterocycles. The van der Waals surface area contributed by atoms with Gasteiger partial charge in [0, 0.05) is 19.6 Å². The van der Waals surface area contributed by atoms with Gasteiger partial charge < -0.3 is 9.47 Å². The molecule has 0 aromatic heterocycles. The van der Waals surface area contributed by atoms with Gasteiger partial charge in [0.1, 0.15) is 11.9 Å². The van der Waals surface area contributed by atoms with Crippen LogP contribution in [0.5, 0.6) is 5.75 Å². The van der Waals surface area contributed by atoms with Crippen molar-refractivity contribution in [3.8, 4) is 11.8 Å². The van der Waals surface area contributed by atoms with Gasteiger partial charge >= 0.3 is 6.18 Å². The average Bonchev–Trinajstić information content (AvgIpc) is 2.86. The molecule has 0 aliphatic carbocycles. The van der Waals surface area contributed by atoms with Gasteiger partial charge in [-0.25, -0.2) is 0 Å². The number of benzene rings is 2. The van der Waals surface area contributed by atoms with Crippen molar-refractivity contribution in [1.82, 2.24) is 4.90 Å². The van der Waals surface area contributed by atoms with E-state index < -0.39 is 11.7 Å². The molecule has 27 heavy (non-hydrogen) atoms. The van der Waals surface area contributed by atoms with Crippen molar-refractivity contribution in [3.63, 3.8) is 0 Å². The lowest BCUT2D eigenvalue weighted by Crippen LogP contribution is -2.35. The first-order valence-electron chi connectivity index (χ1n) is 8.57. The molecule has 1 aliphatic rings. The molecular formula is C20H19F3N2O2. The molecule has 1 aliphatic heterocycles. The maximum absolute atomic E-state index is 12.7. The summed E-state index contributed by atoms with van der Waals surface area (Å²) in [6.07, 6.45) is -4.65. The van der Waals surface area contributed by atoms with E-state index >= 15 is 0 Å². The van der Waals surface area contributed by atoms with E-state index in [0.29, 0.717) is 44.2 Å². The molecule has 0 amide bonds. The number of hydrogen-bond acceptors (Lipinski definition) is 4. The molecular weight excluding hydrogens is 357 g/mol. The van der Waals surface area contributed by atoms with Gasteiger partial charge in [0.25, 0.3) is 0 Å². The van der Waals surface area contributed by atoms with Crippen LogP contribution in [0, 0.1) is 11.3 Å². The van der Waals surface area contributed by atoms with Crippen LogP contribution in [0.2, 0.25) is 0 Å². The third kappa shape index (κ3) is 5.46. The van der Waals surface area contributed by atoms with E-state index in [2.05, 4.69) is 11.0 Å². The molecule has 2 aromatic carbocycles. The van der Waals surface area contributed by atoms with Crippen molar-refractivity contribution in [2.75, 3.05) is 26.3 Å². The summed E-state index contributed by atoms with van der Waals surface area (Å²) in [4.78, 5) is 2.15. The first kappa shape index (κ1) is 19.2. The molecule has 0 bridgehead atoms. The monoisotopic (exact) mass is 376 g/mol. The summed E-state index contributed by atoms with van der Waals surface area (Å²) in [6.45, 7) is 2.85. The summed E-state index contributed by atoms with van der Waals surface area (Å²) in [5.41, 5.74) is 0.923. The van der Waals surface area contributed by atoms with Gasteiger partial charge in [-0.2, -0.15) is 18.4 Å². The number of rotatable bonds is 4. The van der Waals surface area contributed by atoms with Gasteiger partial charge in [-0.15, -0.1) is 0 Å². The van der Waals surface area contributed by atoms with Gasteiger partial charge in [-0.3, -0.25) is 4.90 Å². The first-order chi connectivity index (χ1) is 12.9. The number of nitrogens with zero attached hydrogens (tertiary/aromatic N) is 2. The lowest BCUT2D eigenvalue weighted by molar-refractivity contribution is -0.137. The topological polar surface area (TPSA) is 45.5 Å². The smallest absolute Gasteiger partial charge is 0.416 e. The van der Waals surface area contributed by atoms with E-state index in [1.54, 1.807) is 6.07 Å².